The van der Waals surface area contributed by atoms with Crippen LogP contribution in [0.4, 0.5) is 22.0 Å². The Hall–Kier alpha value is -4.38. The van der Waals surface area contributed by atoms with Crippen molar-refractivity contribution in [2.24, 2.45) is 7.05 Å². The molecule has 0 radical (unpaired) electrons. The molecule has 2 aromatic carbocycles. The third-order valence-corrected chi connectivity index (χ3v) is 5.56. The molecule has 158 valence electrons. The van der Waals surface area contributed by atoms with Gasteiger partial charge in [-0.25, -0.2) is 14.5 Å². The van der Waals surface area contributed by atoms with Crippen LogP contribution in [-0.2, 0) is 7.05 Å². The summed E-state index contributed by atoms with van der Waals surface area (Å²) in [5, 5.41) is 19.6. The fourth-order valence-corrected chi connectivity index (χ4v) is 3.77. The molecular weight excluding hydrogens is 402 g/mol. The highest BCUT2D eigenvalue weighted by atomic mass is 16.2. The fourth-order valence-electron chi connectivity index (χ4n) is 3.77. The van der Waals surface area contributed by atoms with Crippen LogP contribution in [-0.4, -0.2) is 20.8 Å². The van der Waals surface area contributed by atoms with E-state index in [4.69, 9.17) is 16.0 Å². The number of nitrogen functional groups attached to an aromatic ring is 1. The van der Waals surface area contributed by atoms with E-state index in [0.29, 0.717) is 28.7 Å². The van der Waals surface area contributed by atoms with Crippen molar-refractivity contribution in [1.82, 2.24) is 14.8 Å². The van der Waals surface area contributed by atoms with Crippen molar-refractivity contribution in [2.75, 3.05) is 16.4 Å². The number of pyridine rings is 1. The number of nitrogens with zero attached hydrogens (tertiary/aromatic N) is 4. The van der Waals surface area contributed by atoms with Crippen molar-refractivity contribution in [3.63, 3.8) is 0 Å². The summed E-state index contributed by atoms with van der Waals surface area (Å²) in [5.41, 5.74) is 11.8. The molecular formula is C24H21N7O. The second kappa shape index (κ2) is 7.71. The van der Waals surface area contributed by atoms with Gasteiger partial charge in [-0.15, -0.1) is 0 Å². The Morgan fingerprint density at radius 3 is 2.31 bits per heavy atom. The molecule has 0 atom stereocenters. The number of urea groups is 1. The van der Waals surface area contributed by atoms with Gasteiger partial charge in [0.15, 0.2) is 11.5 Å². The molecule has 2 aromatic heterocycles. The summed E-state index contributed by atoms with van der Waals surface area (Å²) in [6.07, 6.45) is 2.31. The molecule has 2 amide bonds. The van der Waals surface area contributed by atoms with Crippen molar-refractivity contribution in [3.05, 3.63) is 65.9 Å². The molecule has 2 heterocycles. The number of nitrogens with two attached hydrogens (primary N) is 1. The molecule has 0 bridgehead atoms. The molecule has 4 N–H and O–H groups in total. The first-order valence-corrected chi connectivity index (χ1v) is 10.3. The Balaban J connectivity index is 1.38. The molecule has 1 fully saturated rings. The largest absolute Gasteiger partial charge is 0.382 e. The predicted molar refractivity (Wildman–Crippen MR) is 124 cm³/mol. The summed E-state index contributed by atoms with van der Waals surface area (Å²) in [6.45, 7) is 0. The lowest BCUT2D eigenvalue weighted by Gasteiger charge is -2.10. The smallest absolute Gasteiger partial charge is 0.323 e. The molecule has 1 aliphatic carbocycles. The SMILES string of the molecule is Cn1nc(N)c2c(-c3ccc(NC(=O)Nc4ccc(C#N)cc4)cc3)cc(C3CC3)nc21. The molecule has 0 saturated heterocycles. The number of amides is 2. The molecule has 8 heteroatoms. The first-order chi connectivity index (χ1) is 15.5. The van der Waals surface area contributed by atoms with Crippen LogP contribution in [0, 0.1) is 11.3 Å². The van der Waals surface area contributed by atoms with Gasteiger partial charge in [-0.05, 0) is 66.4 Å². The quantitative estimate of drug-likeness (QED) is 0.442. The van der Waals surface area contributed by atoms with Gasteiger partial charge in [0, 0.05) is 30.0 Å². The first-order valence-electron chi connectivity index (χ1n) is 10.3. The zero-order valence-electron chi connectivity index (χ0n) is 17.5. The van der Waals surface area contributed by atoms with E-state index >= 15 is 0 Å². The van der Waals surface area contributed by atoms with Crippen LogP contribution in [0.5, 0.6) is 0 Å². The first kappa shape index (κ1) is 19.6. The van der Waals surface area contributed by atoms with Crippen LogP contribution in [0.15, 0.2) is 54.6 Å². The van der Waals surface area contributed by atoms with Gasteiger partial charge >= 0.3 is 6.03 Å². The Labute approximate surface area is 184 Å². The van der Waals surface area contributed by atoms with Crippen molar-refractivity contribution in [2.45, 2.75) is 18.8 Å². The van der Waals surface area contributed by atoms with Crippen molar-refractivity contribution in [1.29, 1.82) is 5.26 Å². The Morgan fingerprint density at radius 1 is 1.09 bits per heavy atom. The van der Waals surface area contributed by atoms with Gasteiger partial charge in [0.25, 0.3) is 0 Å². The Kier molecular flexibility index (Phi) is 4.71. The number of benzene rings is 2. The Morgan fingerprint density at radius 2 is 1.72 bits per heavy atom. The number of carbonyl (C=O) groups excluding carboxylic acids is 1. The number of aryl methyl sites for hydroxylation is 1. The number of fused-ring (bicyclic) bond motifs is 1. The number of nitriles is 1. The van der Waals surface area contributed by atoms with Crippen molar-refractivity contribution < 1.29 is 4.79 Å². The molecule has 1 saturated carbocycles. The maximum absolute atomic E-state index is 12.3. The number of anilines is 3. The van der Waals surface area contributed by atoms with Gasteiger partial charge in [0.2, 0.25) is 0 Å². The van der Waals surface area contributed by atoms with E-state index in [-0.39, 0.29) is 6.03 Å². The average molecular weight is 423 g/mol. The highest BCUT2D eigenvalue weighted by Crippen LogP contribution is 2.42. The topological polar surface area (TPSA) is 122 Å². The second-order valence-electron chi connectivity index (χ2n) is 7.92. The summed E-state index contributed by atoms with van der Waals surface area (Å²) in [5.74, 6) is 0.956. The monoisotopic (exact) mass is 423 g/mol. The normalized spacial score (nSPS) is 13.0. The number of carbonyl (C=O) groups is 1. The fraction of sp³-hybridized carbons (Fsp3) is 0.167. The van der Waals surface area contributed by atoms with Gasteiger partial charge in [-0.3, -0.25) is 0 Å². The van der Waals surface area contributed by atoms with E-state index in [0.717, 1.165) is 40.7 Å². The predicted octanol–water partition coefficient (Wildman–Crippen LogP) is 4.61. The average Bonchev–Trinajstić information content (AvgIpc) is 3.60. The number of nitrogens with one attached hydrogen (secondary N) is 2. The number of hydrogen-bond donors (Lipinski definition) is 3. The summed E-state index contributed by atoms with van der Waals surface area (Å²) >= 11 is 0. The van der Waals surface area contributed by atoms with E-state index < -0.39 is 0 Å². The molecule has 8 nitrogen and oxygen atoms in total. The van der Waals surface area contributed by atoms with Gasteiger partial charge in [-0.1, -0.05) is 12.1 Å². The summed E-state index contributed by atoms with van der Waals surface area (Å²) in [4.78, 5) is 17.1. The minimum absolute atomic E-state index is 0.360. The number of aromatic nitrogens is 3. The van der Waals surface area contributed by atoms with Crippen LogP contribution in [0.2, 0.25) is 0 Å². The van der Waals surface area contributed by atoms with Gasteiger partial charge in [0.1, 0.15) is 0 Å². The van der Waals surface area contributed by atoms with E-state index in [1.165, 1.54) is 0 Å². The van der Waals surface area contributed by atoms with Crippen molar-refractivity contribution in [3.8, 4) is 17.2 Å². The van der Waals surface area contributed by atoms with E-state index in [2.05, 4.69) is 21.8 Å². The molecule has 0 unspecified atom stereocenters. The lowest BCUT2D eigenvalue weighted by molar-refractivity contribution is 0.262. The highest BCUT2D eigenvalue weighted by molar-refractivity contribution is 6.02. The second-order valence-corrected chi connectivity index (χ2v) is 7.92. The molecule has 4 aromatic rings. The van der Waals surface area contributed by atoms with Gasteiger partial charge in [0.05, 0.1) is 17.0 Å². The van der Waals surface area contributed by atoms with Gasteiger partial charge < -0.3 is 16.4 Å². The van der Waals surface area contributed by atoms with E-state index in [1.54, 1.807) is 28.9 Å². The zero-order chi connectivity index (χ0) is 22.2. The lowest BCUT2D eigenvalue weighted by atomic mass is 10.0. The number of hydrogen-bond acceptors (Lipinski definition) is 5. The van der Waals surface area contributed by atoms with Gasteiger partial charge in [-0.2, -0.15) is 10.4 Å². The van der Waals surface area contributed by atoms with Crippen LogP contribution in [0.3, 0.4) is 0 Å². The molecule has 0 aliphatic heterocycles. The maximum Gasteiger partial charge on any atom is 0.323 e. The summed E-state index contributed by atoms with van der Waals surface area (Å²) in [6, 6.07) is 18.1. The zero-order valence-corrected chi connectivity index (χ0v) is 17.5. The third kappa shape index (κ3) is 3.72. The molecule has 1 aliphatic rings. The van der Waals surface area contributed by atoms with Crippen LogP contribution in [0.1, 0.15) is 30.0 Å². The molecule has 0 spiro atoms. The highest BCUT2D eigenvalue weighted by Gasteiger charge is 2.27. The number of rotatable bonds is 4. The Bertz CT molecular complexity index is 1360. The lowest BCUT2D eigenvalue weighted by Crippen LogP contribution is -2.19. The van der Waals surface area contributed by atoms with Crippen LogP contribution in [0.25, 0.3) is 22.2 Å². The van der Waals surface area contributed by atoms with Crippen molar-refractivity contribution >= 4 is 34.3 Å². The minimum atomic E-state index is -0.360. The van der Waals surface area contributed by atoms with Crippen LogP contribution >= 0.6 is 0 Å². The standard InChI is InChI=1S/C24H21N7O/c1-31-23-21(22(26)30-31)19(12-20(29-23)16-4-5-16)15-6-10-18(11-7-15)28-24(32)27-17-8-2-14(13-25)3-9-17/h2-3,6-12,16H,4-5H2,1H3,(H2,26,30)(H2,27,28,32). The third-order valence-electron chi connectivity index (χ3n) is 5.56. The van der Waals surface area contributed by atoms with E-state index in [9.17, 15) is 4.79 Å². The van der Waals surface area contributed by atoms with E-state index in [1.807, 2.05) is 37.4 Å². The molecule has 32 heavy (non-hydrogen) atoms. The maximum atomic E-state index is 12.3. The summed E-state index contributed by atoms with van der Waals surface area (Å²) < 4.78 is 1.73. The van der Waals surface area contributed by atoms with Crippen LogP contribution < -0.4 is 16.4 Å². The summed E-state index contributed by atoms with van der Waals surface area (Å²) in [7, 11) is 1.85. The molecule has 5 rings (SSSR count). The minimum Gasteiger partial charge on any atom is -0.382 e.